The zero-order chi connectivity index (χ0) is 42.0. The van der Waals surface area contributed by atoms with Gasteiger partial charge in [0.05, 0.1) is 29.4 Å². The number of carbonyl (C=O) groups is 2. The first-order valence-electron chi connectivity index (χ1n) is 19.7. The molecule has 8 heterocycles. The second-order valence-electron chi connectivity index (χ2n) is 16.9. The Labute approximate surface area is 344 Å². The van der Waals surface area contributed by atoms with Gasteiger partial charge in [-0.3, -0.25) is 19.0 Å². The number of ether oxygens (including phenoxy) is 3. The van der Waals surface area contributed by atoms with E-state index in [9.17, 15) is 19.8 Å². The molecule has 1 fully saturated rings. The molecule has 0 aromatic carbocycles. The van der Waals surface area contributed by atoms with Crippen molar-refractivity contribution in [2.45, 2.75) is 89.3 Å². The van der Waals surface area contributed by atoms with Crippen LogP contribution in [0.4, 0.5) is 11.6 Å². The number of aromatic hydroxyl groups is 1. The summed E-state index contributed by atoms with van der Waals surface area (Å²) >= 11 is 0. The Kier molecular flexibility index (Phi) is 9.30. The van der Waals surface area contributed by atoms with Crippen LogP contribution in [0.15, 0.2) is 73.3 Å². The van der Waals surface area contributed by atoms with E-state index < -0.39 is 34.5 Å². The topological polar surface area (TPSA) is 214 Å². The first kappa shape index (κ1) is 38.6. The van der Waals surface area contributed by atoms with Gasteiger partial charge in [-0.15, -0.1) is 0 Å². The molecule has 1 aliphatic carbocycles. The molecule has 6 aromatic rings. The molecule has 60 heavy (non-hydrogen) atoms. The monoisotopic (exact) mass is 812 g/mol. The molecule has 1 atom stereocenters. The lowest BCUT2D eigenvalue weighted by Gasteiger charge is -2.40. The highest BCUT2D eigenvalue weighted by atomic mass is 16.5. The van der Waals surface area contributed by atoms with Gasteiger partial charge in [-0.2, -0.15) is 20.2 Å². The second kappa shape index (κ2) is 14.4. The van der Waals surface area contributed by atoms with Gasteiger partial charge < -0.3 is 35.1 Å². The van der Waals surface area contributed by atoms with Crippen LogP contribution in [0.5, 0.6) is 23.5 Å². The largest absolute Gasteiger partial charge is 0.493 e. The normalized spacial score (nSPS) is 20.9. The van der Waals surface area contributed by atoms with Gasteiger partial charge >= 0.3 is 0 Å². The van der Waals surface area contributed by atoms with E-state index in [-0.39, 0.29) is 23.1 Å². The van der Waals surface area contributed by atoms with Crippen LogP contribution in [-0.4, -0.2) is 84.4 Å². The summed E-state index contributed by atoms with van der Waals surface area (Å²) < 4.78 is 21.9. The lowest BCUT2D eigenvalue weighted by molar-refractivity contribution is -0.0905. The van der Waals surface area contributed by atoms with Crippen molar-refractivity contribution in [3.63, 3.8) is 0 Å². The molecular weight excluding hydrogens is 769 g/mol. The van der Waals surface area contributed by atoms with Crippen LogP contribution >= 0.6 is 0 Å². The molecule has 1 saturated carbocycles. The van der Waals surface area contributed by atoms with E-state index in [2.05, 4.69) is 35.8 Å². The third kappa shape index (κ3) is 7.95. The maximum atomic E-state index is 13.9. The fourth-order valence-electron chi connectivity index (χ4n) is 7.85. The Balaban J connectivity index is 0.872. The molecule has 3 aliphatic rings. The average molecular weight is 813 g/mol. The van der Waals surface area contributed by atoms with Crippen LogP contribution in [0.2, 0.25) is 0 Å². The Bertz CT molecular complexity index is 2660. The molecular formula is C43H44N10O7. The smallest absolute Gasteiger partial charge is 0.262 e. The fourth-order valence-corrected chi connectivity index (χ4v) is 7.85. The summed E-state index contributed by atoms with van der Waals surface area (Å²) in [6.07, 6.45) is 9.24. The van der Waals surface area contributed by atoms with Gasteiger partial charge in [-0.05, 0) is 64.1 Å². The summed E-state index contributed by atoms with van der Waals surface area (Å²) in [5.74, 6) is 0.104. The van der Waals surface area contributed by atoms with Gasteiger partial charge in [-0.25, -0.2) is 9.97 Å². The molecule has 2 aliphatic heterocycles. The van der Waals surface area contributed by atoms with Crippen molar-refractivity contribution in [3.05, 3.63) is 95.6 Å². The molecule has 17 heteroatoms. The highest BCUT2D eigenvalue weighted by molar-refractivity contribution is 6.06. The second-order valence-corrected chi connectivity index (χ2v) is 16.9. The third-order valence-electron chi connectivity index (χ3n) is 10.8. The highest BCUT2D eigenvalue weighted by Crippen LogP contribution is 2.41. The number of carbonyl (C=O) groups excluding carboxylic acids is 2. The Morgan fingerprint density at radius 3 is 2.10 bits per heavy atom. The van der Waals surface area contributed by atoms with E-state index in [0.29, 0.717) is 73.4 Å². The number of nitrogens with one attached hydrogen (secondary N) is 2. The van der Waals surface area contributed by atoms with Gasteiger partial charge in [0.25, 0.3) is 11.8 Å². The lowest BCUT2D eigenvalue weighted by Crippen LogP contribution is -2.47. The van der Waals surface area contributed by atoms with Gasteiger partial charge in [0, 0.05) is 80.3 Å². The molecule has 0 bridgehead atoms. The van der Waals surface area contributed by atoms with Gasteiger partial charge in [-0.1, -0.05) is 12.1 Å². The summed E-state index contributed by atoms with van der Waals surface area (Å²) in [6.45, 7) is 8.08. The zero-order valence-corrected chi connectivity index (χ0v) is 33.8. The quantitative estimate of drug-likeness (QED) is 0.127. The summed E-state index contributed by atoms with van der Waals surface area (Å²) in [6, 6.07) is 14.0. The molecule has 17 nitrogen and oxygen atoms in total. The molecule has 4 N–H and O–H groups in total. The van der Waals surface area contributed by atoms with Crippen molar-refractivity contribution in [1.29, 1.82) is 0 Å². The van der Waals surface area contributed by atoms with E-state index in [1.165, 1.54) is 0 Å². The van der Waals surface area contributed by atoms with E-state index in [4.69, 9.17) is 19.2 Å². The number of hydrogen-bond donors (Lipinski definition) is 4. The van der Waals surface area contributed by atoms with Crippen molar-refractivity contribution in [3.8, 4) is 46.0 Å². The van der Waals surface area contributed by atoms with Crippen molar-refractivity contribution < 1.29 is 34.0 Å². The molecule has 0 radical (unpaired) electrons. The highest BCUT2D eigenvalue weighted by Gasteiger charge is 2.42. The third-order valence-corrected chi connectivity index (χ3v) is 10.8. The molecule has 0 saturated heterocycles. The number of anilines is 2. The van der Waals surface area contributed by atoms with E-state index >= 15 is 0 Å². The number of aromatic nitrogens is 8. The van der Waals surface area contributed by atoms with Gasteiger partial charge in [0.15, 0.2) is 0 Å². The van der Waals surface area contributed by atoms with Crippen molar-refractivity contribution >= 4 is 23.5 Å². The minimum Gasteiger partial charge on any atom is -0.493 e. The van der Waals surface area contributed by atoms with Crippen LogP contribution in [-0.2, 0) is 26.4 Å². The van der Waals surface area contributed by atoms with Gasteiger partial charge in [0.2, 0.25) is 23.5 Å². The standard InChI is InChI=1S/C43H44N10O7/c1-41(2)16-24-14-29(36(55)50-38(24)59-41)35(54)48-33-10-7-9-32(47-33)27-21-45-53(23-27)13-12-43(4)17-25-15-30(40(51-39(25)60-43)58-28-18-42(3,57)19-28)37(56)49-34-11-6-8-31(46-34)26-20-44-52(5)22-26/h6-11,14-15,20-23,28,57H,12-13,16-19H2,1-5H3,(H,50,55)(H,46,49,56)(H,47,48,54). The van der Waals surface area contributed by atoms with E-state index in [1.54, 1.807) is 59.0 Å². The van der Waals surface area contributed by atoms with Crippen molar-refractivity contribution in [1.82, 2.24) is 39.5 Å². The number of aliphatic hydroxyl groups is 1. The van der Waals surface area contributed by atoms with Crippen LogP contribution in [0.25, 0.3) is 22.5 Å². The summed E-state index contributed by atoms with van der Waals surface area (Å²) in [4.78, 5) is 45.1. The predicted octanol–water partition coefficient (Wildman–Crippen LogP) is 5.53. The summed E-state index contributed by atoms with van der Waals surface area (Å²) in [5.41, 5.74) is 2.61. The number of pyridine rings is 4. The minimum atomic E-state index is -0.837. The lowest BCUT2D eigenvalue weighted by atomic mass is 9.79. The van der Waals surface area contributed by atoms with E-state index in [0.717, 1.165) is 22.3 Å². The number of nitrogens with zero attached hydrogens (tertiary/aromatic N) is 8. The summed E-state index contributed by atoms with van der Waals surface area (Å²) in [5, 5.41) is 35.3. The molecule has 0 spiro atoms. The molecule has 9 rings (SSSR count). The fraction of sp³-hybridized carbons (Fsp3) is 0.349. The number of fused-ring (bicyclic) bond motifs is 2. The molecule has 1 unspecified atom stereocenters. The predicted molar refractivity (Wildman–Crippen MR) is 218 cm³/mol. The first-order valence-corrected chi connectivity index (χ1v) is 19.7. The zero-order valence-electron chi connectivity index (χ0n) is 33.8. The average Bonchev–Trinajstić information content (AvgIpc) is 3.97. The molecule has 308 valence electrons. The van der Waals surface area contributed by atoms with Crippen LogP contribution < -0.4 is 24.8 Å². The maximum Gasteiger partial charge on any atom is 0.262 e. The Morgan fingerprint density at radius 2 is 1.43 bits per heavy atom. The number of amides is 2. The summed E-state index contributed by atoms with van der Waals surface area (Å²) in [7, 11) is 1.82. The van der Waals surface area contributed by atoms with E-state index in [1.807, 2.05) is 58.4 Å². The number of hydrogen-bond acceptors (Lipinski definition) is 13. The van der Waals surface area contributed by atoms with Gasteiger partial charge in [0.1, 0.15) is 40.1 Å². The van der Waals surface area contributed by atoms with Crippen LogP contribution in [0, 0.1) is 0 Å². The molecule has 6 aromatic heterocycles. The first-order chi connectivity index (χ1) is 28.6. The maximum absolute atomic E-state index is 13.9. The Hall–Kier alpha value is -6.88. The number of aryl methyl sites for hydroxylation is 2. The van der Waals surface area contributed by atoms with Crippen molar-refractivity contribution in [2.24, 2.45) is 7.05 Å². The van der Waals surface area contributed by atoms with Crippen LogP contribution in [0.3, 0.4) is 0 Å². The van der Waals surface area contributed by atoms with Crippen LogP contribution in [0.1, 0.15) is 78.8 Å². The van der Waals surface area contributed by atoms with Crippen molar-refractivity contribution in [2.75, 3.05) is 10.6 Å². The Morgan fingerprint density at radius 1 is 0.817 bits per heavy atom. The number of rotatable bonds is 11. The SMILES string of the molecule is Cn1cc(-c2cccc(NC(=O)c3cc4c(nc3OC3CC(C)(O)C3)OC(C)(CCn3cc(-c5cccc(NC(=O)c6cc7c(nc6O)OC(C)(C)C7)n5)cn3)C4)n2)cn1. The minimum absolute atomic E-state index is 0.0335. The molecule has 2 amide bonds.